The van der Waals surface area contributed by atoms with Crippen LogP contribution in [0.1, 0.15) is 12.0 Å². The Kier molecular flexibility index (Phi) is 3.05. The Bertz CT molecular complexity index is 436. The summed E-state index contributed by atoms with van der Waals surface area (Å²) >= 11 is 5.68. The summed E-state index contributed by atoms with van der Waals surface area (Å²) < 4.78 is 0. The molecule has 0 bridgehead atoms. The third-order valence-corrected chi connectivity index (χ3v) is 2.61. The SMILES string of the molecule is O=C1CCN(c2cncc(CCl)c2)C(=O)N1. The van der Waals surface area contributed by atoms with Crippen LogP contribution in [0.25, 0.3) is 0 Å². The van der Waals surface area contributed by atoms with E-state index in [0.29, 0.717) is 24.5 Å². The van der Waals surface area contributed by atoms with Gasteiger partial charge in [0.05, 0.1) is 11.9 Å². The number of anilines is 1. The van der Waals surface area contributed by atoms with Gasteiger partial charge in [-0.3, -0.25) is 20.0 Å². The number of halogens is 1. The molecule has 1 fully saturated rings. The average molecular weight is 240 g/mol. The van der Waals surface area contributed by atoms with Crippen molar-refractivity contribution >= 4 is 29.2 Å². The van der Waals surface area contributed by atoms with Crippen LogP contribution >= 0.6 is 11.6 Å². The molecule has 1 aliphatic heterocycles. The fourth-order valence-corrected chi connectivity index (χ4v) is 1.65. The molecule has 1 N–H and O–H groups in total. The van der Waals surface area contributed by atoms with Crippen LogP contribution in [-0.4, -0.2) is 23.5 Å². The topological polar surface area (TPSA) is 62.3 Å². The number of amides is 3. The molecule has 84 valence electrons. The normalized spacial score (nSPS) is 16.2. The van der Waals surface area contributed by atoms with Gasteiger partial charge in [-0.25, -0.2) is 4.79 Å². The molecule has 5 nitrogen and oxygen atoms in total. The lowest BCUT2D eigenvalue weighted by Gasteiger charge is -2.26. The van der Waals surface area contributed by atoms with Crippen molar-refractivity contribution < 1.29 is 9.59 Å². The molecule has 0 saturated carbocycles. The monoisotopic (exact) mass is 239 g/mol. The number of urea groups is 1. The van der Waals surface area contributed by atoms with Crippen LogP contribution in [0.15, 0.2) is 18.5 Å². The molecule has 1 saturated heterocycles. The number of hydrogen-bond acceptors (Lipinski definition) is 3. The van der Waals surface area contributed by atoms with E-state index in [0.717, 1.165) is 5.56 Å². The molecule has 0 radical (unpaired) electrons. The van der Waals surface area contributed by atoms with Gasteiger partial charge in [-0.2, -0.15) is 0 Å². The molecular formula is C10H10ClN3O2. The summed E-state index contributed by atoms with van der Waals surface area (Å²) in [5, 5.41) is 2.25. The molecule has 3 amide bonds. The smallest absolute Gasteiger partial charge is 0.292 e. The predicted molar refractivity (Wildman–Crippen MR) is 59.3 cm³/mol. The van der Waals surface area contributed by atoms with Crippen molar-refractivity contribution in [2.24, 2.45) is 0 Å². The number of nitrogens with one attached hydrogen (secondary N) is 1. The molecule has 0 atom stereocenters. The Morgan fingerprint density at radius 1 is 1.44 bits per heavy atom. The predicted octanol–water partition coefficient (Wildman–Crippen LogP) is 1.27. The third-order valence-electron chi connectivity index (χ3n) is 2.30. The Balaban J connectivity index is 2.23. The van der Waals surface area contributed by atoms with Crippen molar-refractivity contribution in [3.8, 4) is 0 Å². The highest BCUT2D eigenvalue weighted by molar-refractivity contribution is 6.17. The first-order valence-electron chi connectivity index (χ1n) is 4.82. The fraction of sp³-hybridized carbons (Fsp3) is 0.300. The molecule has 0 aromatic carbocycles. The Labute approximate surface area is 97.4 Å². The van der Waals surface area contributed by atoms with Gasteiger partial charge < -0.3 is 0 Å². The molecule has 0 unspecified atom stereocenters. The molecule has 0 aliphatic carbocycles. The lowest BCUT2D eigenvalue weighted by atomic mass is 10.2. The molecule has 0 spiro atoms. The van der Waals surface area contributed by atoms with E-state index in [-0.39, 0.29) is 5.91 Å². The molecular weight excluding hydrogens is 230 g/mol. The first kappa shape index (κ1) is 10.9. The van der Waals surface area contributed by atoms with Crippen molar-refractivity contribution in [3.63, 3.8) is 0 Å². The number of aromatic nitrogens is 1. The quantitative estimate of drug-likeness (QED) is 0.791. The summed E-state index contributed by atoms with van der Waals surface area (Å²) in [7, 11) is 0. The number of rotatable bonds is 2. The molecule has 2 rings (SSSR count). The summed E-state index contributed by atoms with van der Waals surface area (Å²) in [5.41, 5.74) is 1.49. The van der Waals surface area contributed by atoms with Gasteiger partial charge in [0.25, 0.3) is 0 Å². The number of alkyl halides is 1. The third kappa shape index (κ3) is 2.14. The zero-order valence-corrected chi connectivity index (χ0v) is 9.20. The van der Waals surface area contributed by atoms with E-state index in [2.05, 4.69) is 10.3 Å². The molecule has 1 aliphatic rings. The number of carbonyl (C=O) groups excluding carboxylic acids is 2. The highest BCUT2D eigenvalue weighted by Crippen LogP contribution is 2.17. The van der Waals surface area contributed by atoms with E-state index in [1.54, 1.807) is 18.5 Å². The maximum Gasteiger partial charge on any atom is 0.328 e. The van der Waals surface area contributed by atoms with Crippen LogP contribution in [0.3, 0.4) is 0 Å². The number of carbonyl (C=O) groups is 2. The first-order chi connectivity index (χ1) is 7.70. The van der Waals surface area contributed by atoms with E-state index >= 15 is 0 Å². The molecule has 1 aromatic heterocycles. The van der Waals surface area contributed by atoms with E-state index in [1.807, 2.05) is 0 Å². The van der Waals surface area contributed by atoms with E-state index in [1.165, 1.54) is 4.90 Å². The summed E-state index contributed by atoms with van der Waals surface area (Å²) in [5.74, 6) is 0.0950. The van der Waals surface area contributed by atoms with Gasteiger partial charge in [0.15, 0.2) is 0 Å². The van der Waals surface area contributed by atoms with Crippen LogP contribution < -0.4 is 10.2 Å². The molecule has 2 heterocycles. The van der Waals surface area contributed by atoms with E-state index < -0.39 is 6.03 Å². The first-order valence-corrected chi connectivity index (χ1v) is 5.35. The van der Waals surface area contributed by atoms with E-state index in [9.17, 15) is 9.59 Å². The number of imide groups is 1. The Hall–Kier alpha value is -1.62. The van der Waals surface area contributed by atoms with Crippen LogP contribution in [0.5, 0.6) is 0 Å². The summed E-state index contributed by atoms with van der Waals surface area (Å²) in [6.07, 6.45) is 3.52. The highest BCUT2D eigenvalue weighted by atomic mass is 35.5. The summed E-state index contributed by atoms with van der Waals surface area (Å²) in [6, 6.07) is 1.37. The number of pyridine rings is 1. The van der Waals surface area contributed by atoms with Gasteiger partial charge in [0.2, 0.25) is 5.91 Å². The lowest BCUT2D eigenvalue weighted by molar-refractivity contribution is -0.120. The largest absolute Gasteiger partial charge is 0.328 e. The molecule has 16 heavy (non-hydrogen) atoms. The van der Waals surface area contributed by atoms with Crippen LogP contribution in [0.4, 0.5) is 10.5 Å². The van der Waals surface area contributed by atoms with Gasteiger partial charge in [-0.15, -0.1) is 11.6 Å². The highest BCUT2D eigenvalue weighted by Gasteiger charge is 2.24. The minimum atomic E-state index is -0.412. The second-order valence-electron chi connectivity index (χ2n) is 3.44. The maximum atomic E-state index is 11.5. The Morgan fingerprint density at radius 2 is 2.25 bits per heavy atom. The number of hydrogen-bond donors (Lipinski definition) is 1. The van der Waals surface area contributed by atoms with Gasteiger partial charge in [-0.05, 0) is 11.6 Å². The van der Waals surface area contributed by atoms with Gasteiger partial charge in [0.1, 0.15) is 0 Å². The van der Waals surface area contributed by atoms with Gasteiger partial charge in [0, 0.05) is 25.0 Å². The second kappa shape index (κ2) is 4.49. The van der Waals surface area contributed by atoms with Crippen molar-refractivity contribution in [1.82, 2.24) is 10.3 Å². The standard InChI is InChI=1S/C10H10ClN3O2/c11-4-7-3-8(6-12-5-7)14-2-1-9(15)13-10(14)16/h3,5-6H,1-2,4H2,(H,13,15,16). The maximum absolute atomic E-state index is 11.5. The second-order valence-corrected chi connectivity index (χ2v) is 3.71. The Morgan fingerprint density at radius 3 is 2.94 bits per heavy atom. The van der Waals surface area contributed by atoms with Gasteiger partial charge in [-0.1, -0.05) is 0 Å². The van der Waals surface area contributed by atoms with Crippen LogP contribution in [0.2, 0.25) is 0 Å². The summed E-state index contributed by atoms with van der Waals surface area (Å²) in [4.78, 5) is 28.0. The fourth-order valence-electron chi connectivity index (χ4n) is 1.51. The lowest BCUT2D eigenvalue weighted by Crippen LogP contribution is -2.49. The van der Waals surface area contributed by atoms with Crippen LogP contribution in [-0.2, 0) is 10.7 Å². The van der Waals surface area contributed by atoms with Gasteiger partial charge >= 0.3 is 6.03 Å². The zero-order chi connectivity index (χ0) is 11.5. The van der Waals surface area contributed by atoms with Crippen LogP contribution in [0, 0.1) is 0 Å². The summed E-state index contributed by atoms with van der Waals surface area (Å²) in [6.45, 7) is 0.373. The number of nitrogens with zero attached hydrogens (tertiary/aromatic N) is 2. The van der Waals surface area contributed by atoms with Crippen molar-refractivity contribution in [1.29, 1.82) is 0 Å². The van der Waals surface area contributed by atoms with Crippen molar-refractivity contribution in [3.05, 3.63) is 24.0 Å². The molecule has 1 aromatic rings. The minimum Gasteiger partial charge on any atom is -0.292 e. The minimum absolute atomic E-state index is 0.247. The van der Waals surface area contributed by atoms with Crippen molar-refractivity contribution in [2.75, 3.05) is 11.4 Å². The van der Waals surface area contributed by atoms with E-state index in [4.69, 9.17) is 11.6 Å². The molecule has 6 heteroatoms. The average Bonchev–Trinajstić information content (AvgIpc) is 2.29. The zero-order valence-electron chi connectivity index (χ0n) is 8.44. The van der Waals surface area contributed by atoms with Crippen molar-refractivity contribution in [2.45, 2.75) is 12.3 Å².